The lowest BCUT2D eigenvalue weighted by Gasteiger charge is -2.11. The average molecular weight is 374 g/mol. The maximum atomic E-state index is 13.6. The van der Waals surface area contributed by atoms with Crippen molar-refractivity contribution in [2.24, 2.45) is 5.92 Å². The summed E-state index contributed by atoms with van der Waals surface area (Å²) in [5, 5.41) is 4.35. The zero-order valence-electron chi connectivity index (χ0n) is 14.6. The van der Waals surface area contributed by atoms with Crippen LogP contribution >= 0.6 is 0 Å². The summed E-state index contributed by atoms with van der Waals surface area (Å²) in [4.78, 5) is 17.8. The third-order valence-corrected chi connectivity index (χ3v) is 4.91. The van der Waals surface area contributed by atoms with E-state index in [1.54, 1.807) is 35.1 Å². The predicted molar refractivity (Wildman–Crippen MR) is 93.6 cm³/mol. The number of likely N-dealkylation sites (tertiary alicyclic amines) is 1. The summed E-state index contributed by atoms with van der Waals surface area (Å²) in [6.45, 7) is 1.24. The van der Waals surface area contributed by atoms with Crippen molar-refractivity contribution < 1.29 is 18.0 Å². The molecule has 0 spiro atoms. The molecule has 1 aliphatic rings. The van der Waals surface area contributed by atoms with Crippen LogP contribution in [0.2, 0.25) is 0 Å². The van der Waals surface area contributed by atoms with E-state index in [9.17, 15) is 18.0 Å². The van der Waals surface area contributed by atoms with Gasteiger partial charge in [-0.05, 0) is 23.8 Å². The van der Waals surface area contributed by atoms with Gasteiger partial charge in [-0.2, -0.15) is 5.10 Å². The molecule has 140 valence electrons. The Kier molecular flexibility index (Phi) is 4.33. The molecule has 0 unspecified atom stereocenters. The SMILES string of the molecule is CN1C[C@@H](Cn2ncc3ncc(-c4ccc(F)c(C(F)F)c4)cc32)CC1=O. The maximum Gasteiger partial charge on any atom is 0.266 e. The van der Waals surface area contributed by atoms with E-state index in [1.165, 1.54) is 6.07 Å². The highest BCUT2D eigenvalue weighted by Crippen LogP contribution is 2.29. The number of aromatic nitrogens is 3. The van der Waals surface area contributed by atoms with Crippen LogP contribution in [0.15, 0.2) is 36.7 Å². The van der Waals surface area contributed by atoms with Gasteiger partial charge in [0.1, 0.15) is 11.3 Å². The highest BCUT2D eigenvalue weighted by molar-refractivity contribution is 5.81. The summed E-state index contributed by atoms with van der Waals surface area (Å²) in [6.07, 6.45) is 0.781. The Labute approximate surface area is 153 Å². The van der Waals surface area contributed by atoms with Crippen LogP contribution < -0.4 is 0 Å². The Morgan fingerprint density at radius 2 is 2.04 bits per heavy atom. The number of carbonyl (C=O) groups is 1. The molecule has 3 aromatic rings. The molecule has 1 fully saturated rings. The lowest BCUT2D eigenvalue weighted by molar-refractivity contribution is -0.126. The Bertz CT molecular complexity index is 1020. The van der Waals surface area contributed by atoms with Gasteiger partial charge in [-0.1, -0.05) is 6.07 Å². The second-order valence-corrected chi connectivity index (χ2v) is 6.84. The van der Waals surface area contributed by atoms with E-state index in [2.05, 4.69) is 10.1 Å². The number of pyridine rings is 1. The quantitative estimate of drug-likeness (QED) is 0.700. The van der Waals surface area contributed by atoms with Gasteiger partial charge in [-0.25, -0.2) is 13.2 Å². The molecule has 1 aliphatic heterocycles. The molecular weight excluding hydrogens is 357 g/mol. The van der Waals surface area contributed by atoms with E-state index < -0.39 is 17.8 Å². The van der Waals surface area contributed by atoms with Crippen molar-refractivity contribution in [1.82, 2.24) is 19.7 Å². The fourth-order valence-electron chi connectivity index (χ4n) is 3.47. The second kappa shape index (κ2) is 6.68. The van der Waals surface area contributed by atoms with Crippen molar-refractivity contribution in [3.63, 3.8) is 0 Å². The van der Waals surface area contributed by atoms with Crippen molar-refractivity contribution in [3.8, 4) is 11.1 Å². The molecule has 0 saturated carbocycles. The number of halogens is 3. The van der Waals surface area contributed by atoms with Crippen LogP contribution in [0.3, 0.4) is 0 Å². The van der Waals surface area contributed by atoms with Crippen molar-refractivity contribution in [1.29, 1.82) is 0 Å². The van der Waals surface area contributed by atoms with Gasteiger partial charge in [0.05, 0.1) is 17.3 Å². The molecule has 3 heterocycles. The van der Waals surface area contributed by atoms with E-state index in [4.69, 9.17) is 0 Å². The van der Waals surface area contributed by atoms with Crippen LogP contribution in [0, 0.1) is 11.7 Å². The first-order valence-corrected chi connectivity index (χ1v) is 8.56. The van der Waals surface area contributed by atoms with E-state index >= 15 is 0 Å². The van der Waals surface area contributed by atoms with Crippen molar-refractivity contribution in [2.45, 2.75) is 19.4 Å². The van der Waals surface area contributed by atoms with Crippen LogP contribution in [0.5, 0.6) is 0 Å². The van der Waals surface area contributed by atoms with E-state index in [-0.39, 0.29) is 11.8 Å². The number of hydrogen-bond acceptors (Lipinski definition) is 3. The number of alkyl halides is 2. The van der Waals surface area contributed by atoms with E-state index in [0.717, 1.165) is 17.6 Å². The van der Waals surface area contributed by atoms with Gasteiger partial charge >= 0.3 is 0 Å². The molecule has 0 N–H and O–H groups in total. The van der Waals surface area contributed by atoms with E-state index in [1.807, 2.05) is 0 Å². The summed E-state index contributed by atoms with van der Waals surface area (Å²) >= 11 is 0. The highest BCUT2D eigenvalue weighted by atomic mass is 19.3. The summed E-state index contributed by atoms with van der Waals surface area (Å²) in [6, 6.07) is 5.44. The molecule has 0 aliphatic carbocycles. The molecule has 1 aromatic carbocycles. The van der Waals surface area contributed by atoms with Crippen molar-refractivity contribution in [3.05, 3.63) is 48.0 Å². The van der Waals surface area contributed by atoms with Gasteiger partial charge in [0.15, 0.2) is 0 Å². The van der Waals surface area contributed by atoms with Crippen LogP contribution in [0.1, 0.15) is 18.4 Å². The molecule has 1 amide bonds. The molecule has 27 heavy (non-hydrogen) atoms. The predicted octanol–water partition coefficient (Wildman–Crippen LogP) is 3.65. The molecule has 5 nitrogen and oxygen atoms in total. The minimum atomic E-state index is -2.89. The molecule has 1 atom stereocenters. The van der Waals surface area contributed by atoms with Gasteiger partial charge in [0.25, 0.3) is 6.43 Å². The number of hydrogen-bond donors (Lipinski definition) is 0. The van der Waals surface area contributed by atoms with Crippen LogP contribution in [-0.2, 0) is 11.3 Å². The summed E-state index contributed by atoms with van der Waals surface area (Å²) < 4.78 is 41.3. The molecular formula is C19H17F3N4O. The van der Waals surface area contributed by atoms with Crippen molar-refractivity contribution >= 4 is 16.9 Å². The topological polar surface area (TPSA) is 51.0 Å². The standard InChI is InChI=1S/C19H17F3N4O/c1-25-9-11(4-18(25)27)10-26-17-6-13(7-23-16(17)8-24-26)12-2-3-15(20)14(5-12)19(21)22/h2-3,5-8,11,19H,4,9-10H2,1H3/t11-/m0/s1. The number of carbonyl (C=O) groups excluding carboxylic acids is 1. The third-order valence-electron chi connectivity index (χ3n) is 4.91. The minimum Gasteiger partial charge on any atom is -0.345 e. The monoisotopic (exact) mass is 374 g/mol. The number of benzene rings is 1. The number of rotatable bonds is 4. The van der Waals surface area contributed by atoms with Crippen LogP contribution in [0.4, 0.5) is 13.2 Å². The first kappa shape index (κ1) is 17.5. The fourth-order valence-corrected chi connectivity index (χ4v) is 3.47. The number of nitrogens with zero attached hydrogens (tertiary/aromatic N) is 4. The third kappa shape index (κ3) is 3.27. The molecule has 0 bridgehead atoms. The zero-order valence-corrected chi connectivity index (χ0v) is 14.6. The molecule has 4 rings (SSSR count). The molecule has 1 saturated heterocycles. The Morgan fingerprint density at radius 1 is 1.22 bits per heavy atom. The minimum absolute atomic E-state index is 0.112. The Balaban J connectivity index is 1.68. The van der Waals surface area contributed by atoms with Gasteiger partial charge in [0, 0.05) is 44.2 Å². The summed E-state index contributed by atoms with van der Waals surface area (Å²) in [7, 11) is 1.78. The van der Waals surface area contributed by atoms with Crippen LogP contribution in [-0.4, -0.2) is 39.2 Å². The first-order valence-electron chi connectivity index (χ1n) is 8.56. The molecule has 8 heteroatoms. The average Bonchev–Trinajstić information content (AvgIpc) is 3.18. The number of amides is 1. The summed E-state index contributed by atoms with van der Waals surface area (Å²) in [5.74, 6) is -0.658. The largest absolute Gasteiger partial charge is 0.345 e. The van der Waals surface area contributed by atoms with Gasteiger partial charge in [-0.3, -0.25) is 14.5 Å². The molecule has 0 radical (unpaired) electrons. The highest BCUT2D eigenvalue weighted by Gasteiger charge is 2.27. The second-order valence-electron chi connectivity index (χ2n) is 6.84. The zero-order chi connectivity index (χ0) is 19.1. The Hall–Kier alpha value is -2.90. The Morgan fingerprint density at radius 3 is 2.74 bits per heavy atom. The van der Waals surface area contributed by atoms with Gasteiger partial charge in [0.2, 0.25) is 5.91 Å². The van der Waals surface area contributed by atoms with Gasteiger partial charge in [-0.15, -0.1) is 0 Å². The van der Waals surface area contributed by atoms with Crippen LogP contribution in [0.25, 0.3) is 22.2 Å². The van der Waals surface area contributed by atoms with E-state index in [0.29, 0.717) is 36.2 Å². The summed E-state index contributed by atoms with van der Waals surface area (Å²) in [5.41, 5.74) is 1.86. The first-order chi connectivity index (χ1) is 12.9. The smallest absolute Gasteiger partial charge is 0.266 e. The fraction of sp³-hybridized carbons (Fsp3) is 0.316. The maximum absolute atomic E-state index is 13.6. The van der Waals surface area contributed by atoms with Crippen molar-refractivity contribution in [2.75, 3.05) is 13.6 Å². The lowest BCUT2D eigenvalue weighted by Crippen LogP contribution is -2.20. The van der Waals surface area contributed by atoms with Gasteiger partial charge < -0.3 is 4.90 Å². The number of fused-ring (bicyclic) bond motifs is 1. The lowest BCUT2D eigenvalue weighted by atomic mass is 10.0. The molecule has 2 aromatic heterocycles. The normalized spacial score (nSPS) is 17.4.